The van der Waals surface area contributed by atoms with Crippen molar-refractivity contribution in [3.8, 4) is 11.5 Å². The SMILES string of the molecule is COc1ccc(S(=O)(=O)CCOSOO[O-])cc1N=Nc1cc(S(=O)(=O)[O-])c(N)c(N=Nc2cc(S(=O)(=O)CCOS(=O)(=O)[O-])ccc2OC)c1N.[Na+].[Na+].[Na+]. The first-order chi connectivity index (χ1) is 24.2. The smallest absolute Gasteiger partial charge is 0.744 e. The van der Waals surface area contributed by atoms with Gasteiger partial charge in [-0.2, -0.15) is 0 Å². The maximum atomic E-state index is 12.8. The van der Waals surface area contributed by atoms with E-state index < -0.39 is 97.5 Å². The standard InChI is InChI=1S/C24H28N6O17S5.3Na/c1-42-19-5-3-14(49(32,33)9-7-44-48-47-46-31)11-16(19)27-29-18-13-21(51(36,37)38)23(26)24(22(18)25)30-28-17-12-15(4-6-20(17)43-2)50(34,35)10-8-45-52(39,40)41;;;/h3-6,11-13,31H,7-10,25-26H2,1-2H3,(H,36,37,38)(H,39,40,41);;;/q;3*+1/p-3. The van der Waals surface area contributed by atoms with Gasteiger partial charge in [-0.15, -0.1) is 24.8 Å². The summed E-state index contributed by atoms with van der Waals surface area (Å²) in [6.07, 6.45) is 0. The second kappa shape index (κ2) is 23.5. The summed E-state index contributed by atoms with van der Waals surface area (Å²) in [6.45, 7) is -1.42. The fourth-order valence-electron chi connectivity index (χ4n) is 3.84. The largest absolute Gasteiger partial charge is 1.00 e. The van der Waals surface area contributed by atoms with Crippen LogP contribution in [-0.2, 0) is 57.9 Å². The molecule has 4 N–H and O–H groups in total. The van der Waals surface area contributed by atoms with E-state index in [0.29, 0.717) is 6.07 Å². The van der Waals surface area contributed by atoms with E-state index in [9.17, 15) is 48.0 Å². The molecule has 31 heteroatoms. The van der Waals surface area contributed by atoms with E-state index in [1.54, 1.807) is 0 Å². The van der Waals surface area contributed by atoms with Crippen molar-refractivity contribution < 1.29 is 164 Å². The summed E-state index contributed by atoms with van der Waals surface area (Å²) in [4.78, 5) is -1.80. The first-order valence-electron chi connectivity index (χ1n) is 13.4. The minimum absolute atomic E-state index is 0. The maximum Gasteiger partial charge on any atom is 1.00 e. The number of azo groups is 2. The number of methoxy groups -OCH3 is 2. The average molecular weight is 899 g/mol. The molecule has 0 aromatic heterocycles. The Kier molecular flexibility index (Phi) is 23.0. The summed E-state index contributed by atoms with van der Waals surface area (Å²) < 4.78 is 142. The van der Waals surface area contributed by atoms with Crippen LogP contribution in [0.3, 0.4) is 0 Å². The molecule has 286 valence electrons. The number of rotatable bonds is 19. The van der Waals surface area contributed by atoms with Crippen molar-refractivity contribution in [1.82, 2.24) is 0 Å². The predicted octanol–water partition coefficient (Wildman–Crippen LogP) is -7.56. The van der Waals surface area contributed by atoms with Crippen LogP contribution < -0.4 is 115 Å². The number of nitrogen functional groups attached to an aromatic ring is 2. The van der Waals surface area contributed by atoms with Crippen LogP contribution >= 0.6 is 12.3 Å². The minimum Gasteiger partial charge on any atom is -0.744 e. The van der Waals surface area contributed by atoms with E-state index in [1.165, 1.54) is 26.4 Å². The van der Waals surface area contributed by atoms with Crippen LogP contribution in [0.15, 0.2) is 77.6 Å². The number of hydrogen-bond donors (Lipinski definition) is 2. The number of nitrogens with zero attached hydrogens (tertiary/aromatic N) is 4. The molecule has 0 unspecified atom stereocenters. The third-order valence-corrected chi connectivity index (χ3v) is 11.3. The number of ether oxygens (including phenoxy) is 2. The van der Waals surface area contributed by atoms with Crippen molar-refractivity contribution in [1.29, 1.82) is 0 Å². The second-order valence-corrected chi connectivity index (χ2v) is 16.6. The Morgan fingerprint density at radius 2 is 1.15 bits per heavy atom. The molecule has 3 aromatic carbocycles. The Hall–Kier alpha value is -1.07. The summed E-state index contributed by atoms with van der Waals surface area (Å²) in [5.41, 5.74) is 9.12. The maximum absolute atomic E-state index is 12.8. The van der Waals surface area contributed by atoms with Gasteiger partial charge in [0.2, 0.25) is 10.4 Å². The summed E-state index contributed by atoms with van der Waals surface area (Å²) in [5.74, 6) is -1.61. The summed E-state index contributed by atoms with van der Waals surface area (Å²) >= 11 is 0.106. The van der Waals surface area contributed by atoms with Gasteiger partial charge in [0.1, 0.15) is 44.4 Å². The molecule has 0 spiro atoms. The van der Waals surface area contributed by atoms with E-state index in [1.807, 2.05) is 0 Å². The minimum atomic E-state index is -5.34. The van der Waals surface area contributed by atoms with E-state index in [4.69, 9.17) is 25.1 Å². The summed E-state index contributed by atoms with van der Waals surface area (Å²) in [5, 5.41) is 28.3. The van der Waals surface area contributed by atoms with Crippen molar-refractivity contribution in [2.45, 2.75) is 14.7 Å². The van der Waals surface area contributed by atoms with Gasteiger partial charge in [-0.1, -0.05) is 0 Å². The van der Waals surface area contributed by atoms with Crippen molar-refractivity contribution in [2.24, 2.45) is 20.5 Å². The van der Waals surface area contributed by atoms with Gasteiger partial charge >= 0.3 is 88.7 Å². The van der Waals surface area contributed by atoms with Crippen LogP contribution in [-0.4, -0.2) is 81.7 Å². The van der Waals surface area contributed by atoms with Crippen molar-refractivity contribution >= 4 is 86.6 Å². The molecule has 3 rings (SSSR count). The van der Waals surface area contributed by atoms with Crippen LogP contribution in [0.25, 0.3) is 0 Å². The number of nitrogens with two attached hydrogens (primary N) is 2. The Balaban J connectivity index is 0.00000972. The van der Waals surface area contributed by atoms with Gasteiger partial charge in [-0.05, 0) is 42.5 Å². The molecule has 0 saturated carbocycles. The summed E-state index contributed by atoms with van der Waals surface area (Å²) in [7, 11) is -16.4. The Morgan fingerprint density at radius 3 is 1.60 bits per heavy atom. The molecule has 0 saturated heterocycles. The van der Waals surface area contributed by atoms with E-state index >= 15 is 0 Å². The first-order valence-corrected chi connectivity index (χ1v) is 20.1. The quantitative estimate of drug-likeness (QED) is 0.0130. The van der Waals surface area contributed by atoms with Gasteiger partial charge in [-0.3, -0.25) is 13.4 Å². The predicted molar refractivity (Wildman–Crippen MR) is 173 cm³/mol. The van der Waals surface area contributed by atoms with Crippen molar-refractivity contribution in [3.05, 3.63) is 42.5 Å². The summed E-state index contributed by atoms with van der Waals surface area (Å²) in [6, 6.07) is 7.25. The molecule has 0 atom stereocenters. The molecule has 0 aliphatic rings. The Bertz CT molecular complexity index is 2300. The topological polar surface area (TPSA) is 363 Å². The fraction of sp³-hybridized carbons (Fsp3) is 0.250. The van der Waals surface area contributed by atoms with Crippen molar-refractivity contribution in [2.75, 3.05) is 50.4 Å². The molecule has 0 fully saturated rings. The number of benzene rings is 3. The van der Waals surface area contributed by atoms with E-state index in [0.717, 1.165) is 24.3 Å². The second-order valence-electron chi connectivity index (χ2n) is 9.49. The normalized spacial score (nSPS) is 12.2. The monoisotopic (exact) mass is 898 g/mol. The van der Waals surface area contributed by atoms with Gasteiger partial charge in [0.25, 0.3) is 0 Å². The molecule has 0 amide bonds. The van der Waals surface area contributed by atoms with Gasteiger partial charge in [0.05, 0.1) is 65.0 Å². The molecule has 3 aromatic rings. The first kappa shape index (κ1) is 53.9. The average Bonchev–Trinajstić information content (AvgIpc) is 3.06. The third kappa shape index (κ3) is 15.9. The zero-order chi connectivity index (χ0) is 38.9. The molecule has 55 heavy (non-hydrogen) atoms. The molecule has 0 radical (unpaired) electrons. The van der Waals surface area contributed by atoms with Gasteiger partial charge in [0, 0.05) is 0 Å². The van der Waals surface area contributed by atoms with Crippen LogP contribution in [0.1, 0.15) is 0 Å². The molecule has 23 nitrogen and oxygen atoms in total. The van der Waals surface area contributed by atoms with Crippen LogP contribution in [0.2, 0.25) is 0 Å². The zero-order valence-corrected chi connectivity index (χ0v) is 39.4. The molecular formula is C24H25N6Na3O17S5. The van der Waals surface area contributed by atoms with Crippen LogP contribution in [0.5, 0.6) is 11.5 Å². The molecule has 0 bridgehead atoms. The fourth-order valence-corrected chi connectivity index (χ4v) is 7.39. The molecule has 0 aliphatic carbocycles. The number of hydrogen-bond acceptors (Lipinski definition) is 24. The molecular weight excluding hydrogens is 874 g/mol. The van der Waals surface area contributed by atoms with E-state index in [2.05, 4.69) is 34.0 Å². The third-order valence-electron chi connectivity index (χ3n) is 6.25. The van der Waals surface area contributed by atoms with Gasteiger partial charge in [-0.25, -0.2) is 33.7 Å². The Labute approximate surface area is 385 Å². The Morgan fingerprint density at radius 1 is 0.673 bits per heavy atom. The van der Waals surface area contributed by atoms with Gasteiger partial charge < -0.3 is 35.3 Å². The van der Waals surface area contributed by atoms with Gasteiger partial charge in [0.15, 0.2) is 32.0 Å². The molecule has 0 heterocycles. The van der Waals surface area contributed by atoms with Crippen LogP contribution in [0, 0.1) is 0 Å². The van der Waals surface area contributed by atoms with Crippen LogP contribution in [0.4, 0.5) is 34.1 Å². The zero-order valence-electron chi connectivity index (χ0n) is 29.3. The number of sulfone groups is 2. The van der Waals surface area contributed by atoms with E-state index in [-0.39, 0.29) is 129 Å². The number of anilines is 2. The molecule has 0 aliphatic heterocycles. The van der Waals surface area contributed by atoms with Crippen molar-refractivity contribution in [3.63, 3.8) is 0 Å².